The fourth-order valence-electron chi connectivity index (χ4n) is 2.96. The Morgan fingerprint density at radius 1 is 1.18 bits per heavy atom. The maximum Gasteiger partial charge on any atom is 0.143 e. The van der Waals surface area contributed by atoms with E-state index in [1.54, 1.807) is 6.08 Å². The van der Waals surface area contributed by atoms with Gasteiger partial charge in [0.1, 0.15) is 6.29 Å². The molecule has 2 nitrogen and oxygen atoms in total. The number of carbonyl (C=O) groups excluding carboxylic acids is 1. The molecule has 0 radical (unpaired) electrons. The van der Waals surface area contributed by atoms with Crippen molar-refractivity contribution in [3.05, 3.63) is 58.7 Å². The molecule has 0 aromatic carbocycles. The largest absolute Gasteiger partial charge is 0.393 e. The first-order valence-corrected chi connectivity index (χ1v) is 7.79. The second-order valence-corrected chi connectivity index (χ2v) is 6.79. The van der Waals surface area contributed by atoms with Gasteiger partial charge in [0.15, 0.2) is 0 Å². The minimum absolute atomic E-state index is 0.0116. The van der Waals surface area contributed by atoms with Crippen LogP contribution in [0.3, 0.4) is 0 Å². The zero-order chi connectivity index (χ0) is 16.8. The average molecular weight is 300 g/mol. The van der Waals surface area contributed by atoms with E-state index in [2.05, 4.69) is 39.8 Å². The average Bonchev–Trinajstić information content (AvgIpc) is 2.36. The molecule has 1 rings (SSSR count). The van der Waals surface area contributed by atoms with Crippen molar-refractivity contribution in [2.24, 2.45) is 5.41 Å². The standard InChI is InChI=1S/C20H28O2/c1-15(7-6-8-16(2)11-12-21)9-10-19-17(3)13-18(22)14-20(19,4)5/h6-12,18,22H,13-14H2,1-5H3/b8-6+,10-9+,15-7-,16-11-/t18-/m0/s1. The molecule has 1 atom stereocenters. The van der Waals surface area contributed by atoms with E-state index in [9.17, 15) is 9.90 Å². The Hall–Kier alpha value is -1.67. The van der Waals surface area contributed by atoms with Gasteiger partial charge in [-0.1, -0.05) is 55.4 Å². The molecule has 0 amide bonds. The number of aliphatic hydroxyl groups excluding tert-OH is 1. The first-order valence-electron chi connectivity index (χ1n) is 7.79. The number of carbonyl (C=O) groups is 1. The smallest absolute Gasteiger partial charge is 0.143 e. The second kappa shape index (κ2) is 8.09. The Balaban J connectivity index is 2.84. The Labute approximate surface area is 134 Å². The van der Waals surface area contributed by atoms with Crippen LogP contribution in [0.4, 0.5) is 0 Å². The molecule has 0 saturated heterocycles. The Bertz CT molecular complexity index is 554. The quantitative estimate of drug-likeness (QED) is 0.454. The topological polar surface area (TPSA) is 37.3 Å². The van der Waals surface area contributed by atoms with Crippen molar-refractivity contribution < 1.29 is 9.90 Å². The lowest BCUT2D eigenvalue weighted by atomic mass is 9.71. The Morgan fingerprint density at radius 2 is 1.82 bits per heavy atom. The summed E-state index contributed by atoms with van der Waals surface area (Å²) < 4.78 is 0. The van der Waals surface area contributed by atoms with E-state index in [1.165, 1.54) is 11.1 Å². The fraction of sp³-hybridized carbons (Fsp3) is 0.450. The van der Waals surface area contributed by atoms with Crippen LogP contribution in [0.25, 0.3) is 0 Å². The summed E-state index contributed by atoms with van der Waals surface area (Å²) in [4.78, 5) is 10.3. The molecule has 0 fully saturated rings. The van der Waals surface area contributed by atoms with Crippen molar-refractivity contribution in [2.75, 3.05) is 0 Å². The molecule has 0 aliphatic heterocycles. The van der Waals surface area contributed by atoms with Gasteiger partial charge in [0, 0.05) is 0 Å². The molecule has 120 valence electrons. The highest BCUT2D eigenvalue weighted by Crippen LogP contribution is 2.40. The van der Waals surface area contributed by atoms with Gasteiger partial charge in [0.25, 0.3) is 0 Å². The van der Waals surface area contributed by atoms with Crippen LogP contribution in [0.1, 0.15) is 47.5 Å². The highest BCUT2D eigenvalue weighted by atomic mass is 16.3. The molecule has 1 aliphatic carbocycles. The summed E-state index contributed by atoms with van der Waals surface area (Å²) in [5, 5.41) is 9.91. The van der Waals surface area contributed by atoms with Crippen LogP contribution in [-0.4, -0.2) is 17.5 Å². The molecule has 0 unspecified atom stereocenters. The second-order valence-electron chi connectivity index (χ2n) is 6.79. The van der Waals surface area contributed by atoms with Crippen LogP contribution in [0.15, 0.2) is 58.7 Å². The van der Waals surface area contributed by atoms with Gasteiger partial charge in [0.2, 0.25) is 0 Å². The lowest BCUT2D eigenvalue weighted by Crippen LogP contribution is -2.28. The molecule has 22 heavy (non-hydrogen) atoms. The van der Waals surface area contributed by atoms with E-state index in [1.807, 2.05) is 25.2 Å². The van der Waals surface area contributed by atoms with E-state index in [-0.39, 0.29) is 11.5 Å². The lowest BCUT2D eigenvalue weighted by molar-refractivity contribution is -0.104. The van der Waals surface area contributed by atoms with Gasteiger partial charge in [-0.15, -0.1) is 0 Å². The summed E-state index contributed by atoms with van der Waals surface area (Å²) in [6.45, 7) is 10.4. The maximum absolute atomic E-state index is 10.3. The molecule has 0 saturated carbocycles. The van der Waals surface area contributed by atoms with Gasteiger partial charge >= 0.3 is 0 Å². The normalized spacial score (nSPS) is 23.6. The van der Waals surface area contributed by atoms with Crippen molar-refractivity contribution in [3.63, 3.8) is 0 Å². The van der Waals surface area contributed by atoms with Crippen LogP contribution in [0.5, 0.6) is 0 Å². The number of aliphatic hydroxyl groups is 1. The van der Waals surface area contributed by atoms with Gasteiger partial charge < -0.3 is 5.11 Å². The summed E-state index contributed by atoms with van der Waals surface area (Å²) in [5.74, 6) is 0. The van der Waals surface area contributed by atoms with E-state index in [0.717, 1.165) is 30.3 Å². The monoisotopic (exact) mass is 300 g/mol. The summed E-state index contributed by atoms with van der Waals surface area (Å²) in [6, 6.07) is 0. The van der Waals surface area contributed by atoms with E-state index < -0.39 is 0 Å². The van der Waals surface area contributed by atoms with E-state index in [0.29, 0.717) is 0 Å². The predicted octanol–water partition coefficient (Wildman–Crippen LogP) is 4.69. The van der Waals surface area contributed by atoms with Gasteiger partial charge in [0.05, 0.1) is 6.10 Å². The van der Waals surface area contributed by atoms with Gasteiger partial charge in [-0.25, -0.2) is 0 Å². The third-order valence-electron chi connectivity index (χ3n) is 4.04. The number of rotatable bonds is 5. The molecule has 0 aromatic rings. The minimum atomic E-state index is -0.223. The Kier molecular flexibility index (Phi) is 6.76. The van der Waals surface area contributed by atoms with Crippen LogP contribution in [0.2, 0.25) is 0 Å². The van der Waals surface area contributed by atoms with Crippen LogP contribution >= 0.6 is 0 Å². The number of allylic oxidation sites excluding steroid dienone is 9. The van der Waals surface area contributed by atoms with E-state index in [4.69, 9.17) is 0 Å². The highest BCUT2D eigenvalue weighted by molar-refractivity contribution is 5.66. The third kappa shape index (κ3) is 5.61. The molecule has 1 aliphatic rings. The summed E-state index contributed by atoms with van der Waals surface area (Å²) >= 11 is 0. The predicted molar refractivity (Wildman–Crippen MR) is 93.6 cm³/mol. The molecule has 0 aromatic heterocycles. The molecule has 0 bridgehead atoms. The first-order chi connectivity index (χ1) is 10.3. The minimum Gasteiger partial charge on any atom is -0.393 e. The lowest BCUT2D eigenvalue weighted by Gasteiger charge is -2.35. The molecular formula is C20H28O2. The fourth-order valence-corrected chi connectivity index (χ4v) is 2.96. The molecular weight excluding hydrogens is 272 g/mol. The van der Waals surface area contributed by atoms with Crippen molar-refractivity contribution in [1.29, 1.82) is 0 Å². The first kappa shape index (κ1) is 18.4. The van der Waals surface area contributed by atoms with Gasteiger partial charge in [-0.3, -0.25) is 4.79 Å². The molecule has 0 spiro atoms. The molecule has 2 heteroatoms. The highest BCUT2D eigenvalue weighted by Gasteiger charge is 2.31. The van der Waals surface area contributed by atoms with Crippen LogP contribution in [0, 0.1) is 5.41 Å². The summed E-state index contributed by atoms with van der Waals surface area (Å²) in [6.07, 6.45) is 13.9. The van der Waals surface area contributed by atoms with Crippen molar-refractivity contribution in [3.8, 4) is 0 Å². The van der Waals surface area contributed by atoms with Crippen molar-refractivity contribution >= 4 is 6.29 Å². The zero-order valence-corrected chi connectivity index (χ0v) is 14.4. The molecule has 1 N–H and O–H groups in total. The Morgan fingerprint density at radius 3 is 2.41 bits per heavy atom. The van der Waals surface area contributed by atoms with Crippen molar-refractivity contribution in [1.82, 2.24) is 0 Å². The van der Waals surface area contributed by atoms with Crippen molar-refractivity contribution in [2.45, 2.75) is 53.6 Å². The number of hydrogen-bond acceptors (Lipinski definition) is 2. The van der Waals surface area contributed by atoms with Gasteiger partial charge in [-0.05, 0) is 56.3 Å². The number of hydrogen-bond donors (Lipinski definition) is 1. The van der Waals surface area contributed by atoms with E-state index >= 15 is 0 Å². The number of aldehydes is 1. The van der Waals surface area contributed by atoms with Crippen LogP contribution in [-0.2, 0) is 4.79 Å². The third-order valence-corrected chi connectivity index (χ3v) is 4.04. The zero-order valence-electron chi connectivity index (χ0n) is 14.4. The summed E-state index contributed by atoms with van der Waals surface area (Å²) in [5.41, 5.74) is 4.69. The maximum atomic E-state index is 10.3. The molecule has 0 heterocycles. The van der Waals surface area contributed by atoms with Crippen LogP contribution < -0.4 is 0 Å². The summed E-state index contributed by atoms with van der Waals surface area (Å²) in [7, 11) is 0. The SMILES string of the molecule is CC1=C(/C=C/C(C)=C\C=C\C(C)=C/C=O)C(C)(C)C[C@@H](O)C1. The van der Waals surface area contributed by atoms with Gasteiger partial charge in [-0.2, -0.15) is 0 Å².